The Morgan fingerprint density at radius 2 is 2.00 bits per heavy atom. The van der Waals surface area contributed by atoms with Crippen LogP contribution in [0.25, 0.3) is 0 Å². The molecule has 0 N–H and O–H groups in total. The summed E-state index contributed by atoms with van der Waals surface area (Å²) < 4.78 is 62.6. The Balaban J connectivity index is 1.76. The van der Waals surface area contributed by atoms with Crippen LogP contribution in [0.4, 0.5) is 19.0 Å². The molecule has 0 saturated carbocycles. The van der Waals surface area contributed by atoms with Gasteiger partial charge in [0.2, 0.25) is 10.0 Å². The van der Waals surface area contributed by atoms with E-state index in [1.54, 1.807) is 0 Å². The highest BCUT2D eigenvalue weighted by atomic mass is 32.2. The van der Waals surface area contributed by atoms with Crippen LogP contribution in [0.15, 0.2) is 18.3 Å². The first-order valence-electron chi connectivity index (χ1n) is 6.91. The standard InChI is InChI=1S/C13H16F3N3O2S/c1-22(20,21)19-5-4-9-7-18(8-11(9)19)12-3-2-10(6-17-12)13(14,15)16/h2-3,6,9,11H,4-5,7-8H2,1H3. The first kappa shape index (κ1) is 15.5. The molecule has 2 fully saturated rings. The molecule has 122 valence electrons. The molecule has 0 aliphatic carbocycles. The van der Waals surface area contributed by atoms with Gasteiger partial charge in [-0.1, -0.05) is 0 Å². The van der Waals surface area contributed by atoms with E-state index in [1.165, 1.54) is 16.6 Å². The zero-order valence-corrected chi connectivity index (χ0v) is 12.7. The lowest BCUT2D eigenvalue weighted by atomic mass is 10.1. The molecule has 1 aromatic rings. The summed E-state index contributed by atoms with van der Waals surface area (Å²) in [4.78, 5) is 5.73. The van der Waals surface area contributed by atoms with E-state index in [0.29, 0.717) is 25.5 Å². The van der Waals surface area contributed by atoms with E-state index in [4.69, 9.17) is 0 Å². The Morgan fingerprint density at radius 3 is 2.55 bits per heavy atom. The third kappa shape index (κ3) is 2.79. The van der Waals surface area contributed by atoms with E-state index < -0.39 is 21.8 Å². The lowest BCUT2D eigenvalue weighted by Crippen LogP contribution is -2.39. The Bertz CT molecular complexity index is 660. The molecule has 0 amide bonds. The fourth-order valence-electron chi connectivity index (χ4n) is 3.26. The first-order chi connectivity index (χ1) is 10.2. The van der Waals surface area contributed by atoms with Crippen molar-refractivity contribution in [3.63, 3.8) is 0 Å². The smallest absolute Gasteiger partial charge is 0.355 e. The maximum absolute atomic E-state index is 12.5. The van der Waals surface area contributed by atoms with Crippen LogP contribution >= 0.6 is 0 Å². The maximum atomic E-state index is 12.5. The Hall–Kier alpha value is -1.35. The van der Waals surface area contributed by atoms with Crippen LogP contribution in [0.3, 0.4) is 0 Å². The van der Waals surface area contributed by atoms with Gasteiger partial charge in [-0.3, -0.25) is 0 Å². The summed E-state index contributed by atoms with van der Waals surface area (Å²) in [6.45, 7) is 1.60. The SMILES string of the molecule is CS(=O)(=O)N1CCC2CN(c3ccc(C(F)(F)F)cn3)CC21. The second-order valence-electron chi connectivity index (χ2n) is 5.80. The van der Waals surface area contributed by atoms with Crippen LogP contribution in [-0.2, 0) is 16.2 Å². The molecule has 1 aromatic heterocycles. The molecule has 9 heteroatoms. The van der Waals surface area contributed by atoms with Crippen molar-refractivity contribution in [2.45, 2.75) is 18.6 Å². The van der Waals surface area contributed by atoms with Gasteiger partial charge in [-0.25, -0.2) is 13.4 Å². The minimum Gasteiger partial charge on any atom is -0.355 e. The van der Waals surface area contributed by atoms with Crippen LogP contribution in [0.5, 0.6) is 0 Å². The topological polar surface area (TPSA) is 53.5 Å². The molecule has 0 aromatic carbocycles. The monoisotopic (exact) mass is 335 g/mol. The van der Waals surface area contributed by atoms with E-state index in [1.807, 2.05) is 4.90 Å². The van der Waals surface area contributed by atoms with Crippen molar-refractivity contribution in [3.05, 3.63) is 23.9 Å². The first-order valence-corrected chi connectivity index (χ1v) is 8.76. The summed E-state index contributed by atoms with van der Waals surface area (Å²) in [5.41, 5.74) is -0.784. The summed E-state index contributed by atoms with van der Waals surface area (Å²) in [5.74, 6) is 0.662. The summed E-state index contributed by atoms with van der Waals surface area (Å²) in [7, 11) is -3.25. The van der Waals surface area contributed by atoms with Crippen LogP contribution in [0.1, 0.15) is 12.0 Å². The van der Waals surface area contributed by atoms with Gasteiger partial charge in [-0.2, -0.15) is 17.5 Å². The minimum atomic E-state index is -4.40. The molecule has 2 aliphatic rings. The molecule has 2 saturated heterocycles. The lowest BCUT2D eigenvalue weighted by molar-refractivity contribution is -0.137. The third-order valence-electron chi connectivity index (χ3n) is 4.32. The molecule has 0 radical (unpaired) electrons. The molecule has 2 aliphatic heterocycles. The van der Waals surface area contributed by atoms with Crippen molar-refractivity contribution in [2.24, 2.45) is 5.92 Å². The maximum Gasteiger partial charge on any atom is 0.417 e. The minimum absolute atomic E-state index is 0.112. The van der Waals surface area contributed by atoms with Gasteiger partial charge < -0.3 is 4.90 Å². The van der Waals surface area contributed by atoms with Crippen LogP contribution < -0.4 is 4.90 Å². The molecule has 2 atom stereocenters. The van der Waals surface area contributed by atoms with Crippen molar-refractivity contribution in [2.75, 3.05) is 30.8 Å². The van der Waals surface area contributed by atoms with E-state index in [2.05, 4.69) is 4.98 Å². The second kappa shape index (κ2) is 5.09. The Labute approximate surface area is 126 Å². The van der Waals surface area contributed by atoms with Gasteiger partial charge in [-0.05, 0) is 24.5 Å². The average molecular weight is 335 g/mol. The Kier molecular flexibility index (Phi) is 3.59. The Morgan fingerprint density at radius 1 is 1.27 bits per heavy atom. The molecule has 0 bridgehead atoms. The summed E-state index contributed by atoms with van der Waals surface area (Å²) >= 11 is 0. The number of anilines is 1. The number of hydrogen-bond acceptors (Lipinski definition) is 4. The number of fused-ring (bicyclic) bond motifs is 1. The number of hydrogen-bond donors (Lipinski definition) is 0. The normalized spacial score (nSPS) is 26.5. The van der Waals surface area contributed by atoms with E-state index >= 15 is 0 Å². The molecule has 5 nitrogen and oxygen atoms in total. The summed E-state index contributed by atoms with van der Waals surface area (Å²) in [5, 5.41) is 0. The molecule has 3 heterocycles. The average Bonchev–Trinajstić information content (AvgIpc) is 2.95. The fourth-order valence-corrected chi connectivity index (χ4v) is 4.43. The number of pyridine rings is 1. The quantitative estimate of drug-likeness (QED) is 0.823. The van der Waals surface area contributed by atoms with Crippen LogP contribution in [0.2, 0.25) is 0 Å². The van der Waals surface area contributed by atoms with Crippen molar-refractivity contribution >= 4 is 15.8 Å². The second-order valence-corrected chi connectivity index (χ2v) is 7.73. The van der Waals surface area contributed by atoms with Crippen molar-refractivity contribution in [1.29, 1.82) is 0 Å². The van der Waals surface area contributed by atoms with Crippen molar-refractivity contribution < 1.29 is 21.6 Å². The molecule has 22 heavy (non-hydrogen) atoms. The van der Waals surface area contributed by atoms with Gasteiger partial charge in [0.1, 0.15) is 5.82 Å². The summed E-state index contributed by atoms with van der Waals surface area (Å²) in [6, 6.07) is 2.23. The van der Waals surface area contributed by atoms with Crippen molar-refractivity contribution in [1.82, 2.24) is 9.29 Å². The van der Waals surface area contributed by atoms with Gasteiger partial charge in [0.15, 0.2) is 0 Å². The largest absolute Gasteiger partial charge is 0.417 e. The van der Waals surface area contributed by atoms with Crippen LogP contribution in [0, 0.1) is 5.92 Å². The molecule has 0 spiro atoms. The van der Waals surface area contributed by atoms with Gasteiger partial charge in [0.05, 0.1) is 11.8 Å². The van der Waals surface area contributed by atoms with Gasteiger partial charge >= 0.3 is 6.18 Å². The highest BCUT2D eigenvalue weighted by molar-refractivity contribution is 7.88. The number of rotatable bonds is 2. The zero-order chi connectivity index (χ0) is 16.1. The highest BCUT2D eigenvalue weighted by Gasteiger charge is 2.45. The number of nitrogens with zero attached hydrogens (tertiary/aromatic N) is 3. The van der Waals surface area contributed by atoms with Gasteiger partial charge in [0.25, 0.3) is 0 Å². The number of halogens is 3. The molecular weight excluding hydrogens is 319 g/mol. The molecule has 2 unspecified atom stereocenters. The van der Waals surface area contributed by atoms with E-state index in [9.17, 15) is 21.6 Å². The predicted molar refractivity (Wildman–Crippen MR) is 74.9 cm³/mol. The molecule has 3 rings (SSSR count). The fraction of sp³-hybridized carbons (Fsp3) is 0.615. The molecular formula is C13H16F3N3O2S. The third-order valence-corrected chi connectivity index (χ3v) is 5.63. The van der Waals surface area contributed by atoms with Crippen molar-refractivity contribution in [3.8, 4) is 0 Å². The van der Waals surface area contributed by atoms with E-state index in [0.717, 1.165) is 18.7 Å². The van der Waals surface area contributed by atoms with Gasteiger partial charge in [0, 0.05) is 31.9 Å². The highest BCUT2D eigenvalue weighted by Crippen LogP contribution is 2.35. The zero-order valence-electron chi connectivity index (χ0n) is 11.9. The van der Waals surface area contributed by atoms with Gasteiger partial charge in [-0.15, -0.1) is 0 Å². The number of aromatic nitrogens is 1. The predicted octanol–water partition coefficient (Wildman–Crippen LogP) is 1.57. The van der Waals surface area contributed by atoms with Crippen LogP contribution in [-0.4, -0.2) is 49.6 Å². The van der Waals surface area contributed by atoms with E-state index in [-0.39, 0.29) is 12.0 Å². The summed E-state index contributed by atoms with van der Waals surface area (Å²) in [6.07, 6.45) is -1.62. The number of sulfonamides is 1. The lowest BCUT2D eigenvalue weighted by Gasteiger charge is -2.23. The number of alkyl halides is 3.